The molecule has 0 aromatic heterocycles. The van der Waals surface area contributed by atoms with E-state index in [2.05, 4.69) is 10.2 Å². The third-order valence-corrected chi connectivity index (χ3v) is 2.49. The molecule has 1 fully saturated rings. The van der Waals surface area contributed by atoms with Crippen LogP contribution in [0.2, 0.25) is 0 Å². The lowest BCUT2D eigenvalue weighted by Gasteiger charge is -2.22. The van der Waals surface area contributed by atoms with Crippen LogP contribution in [0.15, 0.2) is 0 Å². The summed E-state index contributed by atoms with van der Waals surface area (Å²) in [6.45, 7) is 2.70. The monoisotopic (exact) mass is 208 g/mol. The maximum absolute atomic E-state index is 11.7. The van der Waals surface area contributed by atoms with Gasteiger partial charge in [-0.15, -0.1) is 0 Å². The smallest absolute Gasteiger partial charge is 0.261 e. The molecule has 1 aliphatic rings. The molecule has 1 N–H and O–H groups in total. The maximum atomic E-state index is 11.7. The van der Waals surface area contributed by atoms with Crippen molar-refractivity contribution in [1.29, 1.82) is 0 Å². The predicted molar refractivity (Wildman–Crippen MR) is 50.7 cm³/mol. The largest absolute Gasteiger partial charge is 0.374 e. The molecule has 0 spiro atoms. The van der Waals surface area contributed by atoms with E-state index in [0.29, 0.717) is 12.6 Å². The zero-order valence-electron chi connectivity index (χ0n) is 8.51. The second kappa shape index (κ2) is 6.27. The standard InChI is InChI=1S/C9H18F2N2O/c1-13(8-2-3-12-6-8)4-5-14-7-9(10)11/h8-9,12H,2-7H2,1H3. The Morgan fingerprint density at radius 2 is 2.36 bits per heavy atom. The number of alkyl halides is 2. The lowest BCUT2D eigenvalue weighted by Crippen LogP contribution is -2.36. The number of nitrogens with one attached hydrogen (secondary N) is 1. The summed E-state index contributed by atoms with van der Waals surface area (Å²) >= 11 is 0. The first-order valence-electron chi connectivity index (χ1n) is 4.97. The van der Waals surface area contributed by atoms with Crippen molar-refractivity contribution < 1.29 is 13.5 Å². The number of rotatable bonds is 6. The van der Waals surface area contributed by atoms with Crippen molar-refractivity contribution in [3.05, 3.63) is 0 Å². The molecule has 1 saturated heterocycles. The highest BCUT2D eigenvalue weighted by Gasteiger charge is 2.18. The number of likely N-dealkylation sites (N-methyl/N-ethyl adjacent to an activating group) is 1. The van der Waals surface area contributed by atoms with Gasteiger partial charge < -0.3 is 10.1 Å². The molecule has 1 unspecified atom stereocenters. The molecule has 14 heavy (non-hydrogen) atoms. The molecule has 3 nitrogen and oxygen atoms in total. The average molecular weight is 208 g/mol. The van der Waals surface area contributed by atoms with Gasteiger partial charge in [0.1, 0.15) is 6.61 Å². The maximum Gasteiger partial charge on any atom is 0.261 e. The number of hydrogen-bond acceptors (Lipinski definition) is 3. The van der Waals surface area contributed by atoms with Gasteiger partial charge in [-0.2, -0.15) is 0 Å². The van der Waals surface area contributed by atoms with E-state index >= 15 is 0 Å². The van der Waals surface area contributed by atoms with Gasteiger partial charge in [-0.3, -0.25) is 4.90 Å². The van der Waals surface area contributed by atoms with Crippen LogP contribution in [0.4, 0.5) is 8.78 Å². The summed E-state index contributed by atoms with van der Waals surface area (Å²) in [5, 5.41) is 3.26. The molecule has 1 heterocycles. The summed E-state index contributed by atoms with van der Waals surface area (Å²) in [6.07, 6.45) is -1.22. The Hall–Kier alpha value is -0.260. The molecule has 1 aliphatic heterocycles. The van der Waals surface area contributed by atoms with E-state index in [-0.39, 0.29) is 0 Å². The van der Waals surface area contributed by atoms with Crippen LogP contribution in [0, 0.1) is 0 Å². The Morgan fingerprint density at radius 3 is 2.93 bits per heavy atom. The van der Waals surface area contributed by atoms with E-state index in [1.165, 1.54) is 0 Å². The van der Waals surface area contributed by atoms with E-state index in [0.717, 1.165) is 26.1 Å². The summed E-state index contributed by atoms with van der Waals surface area (Å²) < 4.78 is 28.2. The van der Waals surface area contributed by atoms with Gasteiger partial charge in [0.2, 0.25) is 0 Å². The van der Waals surface area contributed by atoms with Gasteiger partial charge in [-0.1, -0.05) is 0 Å². The minimum absolute atomic E-state index is 0.386. The number of ether oxygens (including phenoxy) is 1. The summed E-state index contributed by atoms with van der Waals surface area (Å²) in [5.41, 5.74) is 0. The fourth-order valence-corrected chi connectivity index (χ4v) is 1.58. The fraction of sp³-hybridized carbons (Fsp3) is 1.00. The van der Waals surface area contributed by atoms with Gasteiger partial charge in [0.25, 0.3) is 6.43 Å². The molecule has 5 heteroatoms. The van der Waals surface area contributed by atoms with Crippen LogP contribution in [0.3, 0.4) is 0 Å². The summed E-state index contributed by atoms with van der Waals surface area (Å²) in [6, 6.07) is 0.533. The Bertz CT molecular complexity index is 152. The minimum atomic E-state index is -2.35. The molecule has 0 aromatic rings. The lowest BCUT2D eigenvalue weighted by molar-refractivity contribution is 0.00922. The third-order valence-electron chi connectivity index (χ3n) is 2.49. The molecule has 84 valence electrons. The van der Waals surface area contributed by atoms with E-state index < -0.39 is 13.0 Å². The van der Waals surface area contributed by atoms with Crippen molar-refractivity contribution in [2.45, 2.75) is 18.9 Å². The van der Waals surface area contributed by atoms with Crippen LogP contribution in [0.25, 0.3) is 0 Å². The molecule has 0 bridgehead atoms. The normalized spacial score (nSPS) is 22.5. The lowest BCUT2D eigenvalue weighted by atomic mass is 10.2. The first-order valence-corrected chi connectivity index (χ1v) is 4.97. The summed E-state index contributed by atoms with van der Waals surface area (Å²) in [5.74, 6) is 0. The number of nitrogens with zero attached hydrogens (tertiary/aromatic N) is 1. The molecule has 1 rings (SSSR count). The topological polar surface area (TPSA) is 24.5 Å². The van der Waals surface area contributed by atoms with E-state index in [9.17, 15) is 8.78 Å². The second-order valence-corrected chi connectivity index (χ2v) is 3.59. The number of hydrogen-bond donors (Lipinski definition) is 1. The van der Waals surface area contributed by atoms with Crippen LogP contribution in [-0.4, -0.2) is 57.3 Å². The highest BCUT2D eigenvalue weighted by Crippen LogP contribution is 2.05. The van der Waals surface area contributed by atoms with Gasteiger partial charge in [-0.05, 0) is 20.0 Å². The first kappa shape index (κ1) is 11.8. The number of halogens is 2. The van der Waals surface area contributed by atoms with E-state index in [1.54, 1.807) is 0 Å². The quantitative estimate of drug-likeness (QED) is 0.646. The Labute approximate surface area is 83.4 Å². The molecule has 0 saturated carbocycles. The zero-order chi connectivity index (χ0) is 10.4. The van der Waals surface area contributed by atoms with Gasteiger partial charge in [0.05, 0.1) is 6.61 Å². The van der Waals surface area contributed by atoms with Crippen molar-refractivity contribution in [2.24, 2.45) is 0 Å². The van der Waals surface area contributed by atoms with Crippen molar-refractivity contribution >= 4 is 0 Å². The molecule has 0 aromatic carbocycles. The summed E-state index contributed by atoms with van der Waals surface area (Å²) in [4.78, 5) is 2.16. The predicted octanol–water partition coefficient (Wildman–Crippen LogP) is 0.562. The minimum Gasteiger partial charge on any atom is -0.374 e. The van der Waals surface area contributed by atoms with Crippen LogP contribution >= 0.6 is 0 Å². The fourth-order valence-electron chi connectivity index (χ4n) is 1.58. The van der Waals surface area contributed by atoms with Crippen LogP contribution < -0.4 is 5.32 Å². The zero-order valence-corrected chi connectivity index (χ0v) is 8.51. The second-order valence-electron chi connectivity index (χ2n) is 3.59. The van der Waals surface area contributed by atoms with Gasteiger partial charge in [-0.25, -0.2) is 8.78 Å². The van der Waals surface area contributed by atoms with Crippen molar-refractivity contribution in [2.75, 3.05) is 39.9 Å². The Morgan fingerprint density at radius 1 is 1.57 bits per heavy atom. The van der Waals surface area contributed by atoms with Crippen molar-refractivity contribution in [3.63, 3.8) is 0 Å². The SMILES string of the molecule is CN(CCOCC(F)F)C1CCNC1. The van der Waals surface area contributed by atoms with Crippen molar-refractivity contribution in [3.8, 4) is 0 Å². The highest BCUT2D eigenvalue weighted by atomic mass is 19.3. The van der Waals surface area contributed by atoms with E-state index in [1.807, 2.05) is 7.05 Å². The van der Waals surface area contributed by atoms with Crippen LogP contribution in [0.1, 0.15) is 6.42 Å². The summed E-state index contributed by atoms with van der Waals surface area (Å²) in [7, 11) is 2.00. The molecule has 0 radical (unpaired) electrons. The van der Waals surface area contributed by atoms with Crippen LogP contribution in [0.5, 0.6) is 0 Å². The van der Waals surface area contributed by atoms with Gasteiger partial charge >= 0.3 is 0 Å². The molecule has 0 aliphatic carbocycles. The molecular formula is C9H18F2N2O. The molecule has 0 amide bonds. The third kappa shape index (κ3) is 4.30. The highest BCUT2D eigenvalue weighted by molar-refractivity contribution is 4.78. The van der Waals surface area contributed by atoms with E-state index in [4.69, 9.17) is 4.74 Å². The van der Waals surface area contributed by atoms with Gasteiger partial charge in [0, 0.05) is 19.1 Å². The molecular weight excluding hydrogens is 190 g/mol. The Kier molecular flexibility index (Phi) is 5.29. The van der Waals surface area contributed by atoms with Crippen molar-refractivity contribution in [1.82, 2.24) is 10.2 Å². The molecule has 1 atom stereocenters. The first-order chi connectivity index (χ1) is 6.70. The van der Waals surface area contributed by atoms with Gasteiger partial charge in [0.15, 0.2) is 0 Å². The average Bonchev–Trinajstić information content (AvgIpc) is 2.64. The Balaban J connectivity index is 1.99. The van der Waals surface area contributed by atoms with Crippen LogP contribution in [-0.2, 0) is 4.74 Å².